The molecule has 1 aromatic heterocycles. The molecule has 170 valence electrons. The molecule has 0 saturated carbocycles. The predicted octanol–water partition coefficient (Wildman–Crippen LogP) is 3.41. The van der Waals surface area contributed by atoms with Gasteiger partial charge in [-0.15, -0.1) is 0 Å². The molecule has 1 aliphatic rings. The number of nitrogens with zero attached hydrogens (tertiary/aromatic N) is 3. The zero-order valence-electron chi connectivity index (χ0n) is 17.9. The van der Waals surface area contributed by atoms with Crippen LogP contribution < -0.4 is 16.0 Å². The first-order valence-corrected chi connectivity index (χ1v) is 11.6. The van der Waals surface area contributed by atoms with Gasteiger partial charge in [0, 0.05) is 25.7 Å². The highest BCUT2D eigenvalue weighted by atomic mass is 79.9. The van der Waals surface area contributed by atoms with E-state index in [1.807, 2.05) is 24.3 Å². The average Bonchev–Trinajstić information content (AvgIpc) is 3.44. The lowest BCUT2D eigenvalue weighted by Crippen LogP contribution is -2.26. The summed E-state index contributed by atoms with van der Waals surface area (Å²) in [4.78, 5) is 29.7. The third kappa shape index (κ3) is 5.26. The lowest BCUT2D eigenvalue weighted by molar-refractivity contribution is 0.0946. The second-order valence-electron chi connectivity index (χ2n) is 7.43. The number of benzene rings is 2. The number of carbonyl (C=O) groups excluding carboxylic acids is 2. The monoisotopic (exact) mass is 528 g/mol. The summed E-state index contributed by atoms with van der Waals surface area (Å²) in [7, 11) is 1.65. The van der Waals surface area contributed by atoms with E-state index in [0.29, 0.717) is 33.8 Å². The molecule has 3 N–H and O–H groups in total. The highest BCUT2D eigenvalue weighted by molar-refractivity contribution is 9.10. The minimum Gasteiger partial charge on any atom is -0.368 e. The molecule has 0 unspecified atom stereocenters. The largest absolute Gasteiger partial charge is 0.368 e. The van der Waals surface area contributed by atoms with Gasteiger partial charge in [-0.3, -0.25) is 19.3 Å². The number of hydrogen-bond acceptors (Lipinski definition) is 5. The summed E-state index contributed by atoms with van der Waals surface area (Å²) < 4.78 is 1.84. The first-order chi connectivity index (χ1) is 15.9. The zero-order chi connectivity index (χ0) is 23.4. The van der Waals surface area contributed by atoms with Crippen molar-refractivity contribution in [3.8, 4) is 0 Å². The third-order valence-electron chi connectivity index (χ3n) is 5.16. The molecule has 0 radical (unpaired) electrons. The average molecular weight is 530 g/mol. The fraction of sp³-hybridized carbons (Fsp3) is 0.217. The smallest absolute Gasteiger partial charge is 0.273 e. The fourth-order valence-electron chi connectivity index (χ4n) is 3.42. The van der Waals surface area contributed by atoms with Crippen molar-refractivity contribution in [1.29, 1.82) is 0 Å². The molecule has 0 bridgehead atoms. The first-order valence-electron chi connectivity index (χ1n) is 10.4. The van der Waals surface area contributed by atoms with E-state index in [0.717, 1.165) is 30.1 Å². The SMILES string of the molecule is Cn1nc(C(=O)NCCc2ccc(C3=NCCN3)cc2)c(Br)c1NC(=O)c1ccccc1Cl. The van der Waals surface area contributed by atoms with Gasteiger partial charge in [-0.05, 0) is 40.0 Å². The number of rotatable bonds is 7. The molecule has 10 heteroatoms. The van der Waals surface area contributed by atoms with Crippen LogP contribution in [0.3, 0.4) is 0 Å². The first kappa shape index (κ1) is 23.0. The number of amides is 2. The van der Waals surface area contributed by atoms with E-state index in [9.17, 15) is 9.59 Å². The molecule has 0 aliphatic carbocycles. The van der Waals surface area contributed by atoms with Crippen LogP contribution in [0.25, 0.3) is 0 Å². The molecule has 1 aliphatic heterocycles. The van der Waals surface area contributed by atoms with E-state index in [1.165, 1.54) is 4.68 Å². The molecular formula is C23H22BrClN6O2. The van der Waals surface area contributed by atoms with Gasteiger partial charge < -0.3 is 16.0 Å². The Hall–Kier alpha value is -3.17. The maximum Gasteiger partial charge on any atom is 0.273 e. The van der Waals surface area contributed by atoms with Crippen LogP contribution in [-0.2, 0) is 13.5 Å². The predicted molar refractivity (Wildman–Crippen MR) is 132 cm³/mol. The molecule has 3 aromatic rings. The van der Waals surface area contributed by atoms with E-state index in [-0.39, 0.29) is 11.6 Å². The van der Waals surface area contributed by atoms with Crippen molar-refractivity contribution in [2.75, 3.05) is 25.0 Å². The van der Waals surface area contributed by atoms with Gasteiger partial charge in [-0.2, -0.15) is 5.10 Å². The second-order valence-corrected chi connectivity index (χ2v) is 8.63. The molecule has 0 atom stereocenters. The number of nitrogens with one attached hydrogen (secondary N) is 3. The Kier molecular flexibility index (Phi) is 7.10. The van der Waals surface area contributed by atoms with Crippen LogP contribution in [0.4, 0.5) is 5.82 Å². The summed E-state index contributed by atoms with van der Waals surface area (Å²) in [5, 5.41) is 13.5. The van der Waals surface area contributed by atoms with Crippen molar-refractivity contribution in [3.05, 3.63) is 80.4 Å². The van der Waals surface area contributed by atoms with Gasteiger partial charge >= 0.3 is 0 Å². The fourth-order valence-corrected chi connectivity index (χ4v) is 4.26. The van der Waals surface area contributed by atoms with Crippen LogP contribution in [-0.4, -0.2) is 47.1 Å². The summed E-state index contributed by atoms with van der Waals surface area (Å²) in [6.07, 6.45) is 0.673. The lowest BCUT2D eigenvalue weighted by atomic mass is 10.1. The molecule has 2 amide bonds. The molecule has 2 aromatic carbocycles. The van der Waals surface area contributed by atoms with Crippen molar-refractivity contribution in [1.82, 2.24) is 20.4 Å². The number of amidine groups is 1. The molecular weight excluding hydrogens is 508 g/mol. The second kappa shape index (κ2) is 10.2. The van der Waals surface area contributed by atoms with Crippen LogP contribution in [0.2, 0.25) is 5.02 Å². The van der Waals surface area contributed by atoms with E-state index < -0.39 is 5.91 Å². The van der Waals surface area contributed by atoms with Crippen LogP contribution in [0.1, 0.15) is 32.0 Å². The summed E-state index contributed by atoms with van der Waals surface area (Å²) in [5.74, 6) is 0.562. The van der Waals surface area contributed by atoms with Crippen LogP contribution in [0.5, 0.6) is 0 Å². The number of aryl methyl sites for hydroxylation is 1. The summed E-state index contributed by atoms with van der Waals surface area (Å²) >= 11 is 9.49. The maximum atomic E-state index is 12.7. The third-order valence-corrected chi connectivity index (χ3v) is 6.24. The molecule has 0 fully saturated rings. The molecule has 33 heavy (non-hydrogen) atoms. The summed E-state index contributed by atoms with van der Waals surface area (Å²) in [5.41, 5.74) is 2.68. The van der Waals surface area contributed by atoms with Crippen molar-refractivity contribution < 1.29 is 9.59 Å². The van der Waals surface area contributed by atoms with Crippen molar-refractivity contribution in [2.24, 2.45) is 12.0 Å². The number of hydrogen-bond donors (Lipinski definition) is 3. The van der Waals surface area contributed by atoms with Gasteiger partial charge in [-0.25, -0.2) is 0 Å². The Labute approximate surface area is 204 Å². The summed E-state index contributed by atoms with van der Waals surface area (Å²) in [6.45, 7) is 2.12. The van der Waals surface area contributed by atoms with E-state index in [1.54, 1.807) is 31.3 Å². The molecule has 0 spiro atoms. The van der Waals surface area contributed by atoms with Gasteiger partial charge in [0.05, 0.1) is 21.6 Å². The number of aromatic nitrogens is 2. The normalized spacial score (nSPS) is 12.8. The van der Waals surface area contributed by atoms with Crippen LogP contribution in [0.15, 0.2) is 58.0 Å². The standard InChI is InChI=1S/C23H22BrClN6O2/c1-31-21(29-22(32)16-4-2-3-5-17(16)25)18(24)19(30-31)23(33)28-11-10-14-6-8-15(9-7-14)20-26-12-13-27-20/h2-9H,10-13H2,1H3,(H,26,27)(H,28,33)(H,29,32). The van der Waals surface area contributed by atoms with Crippen LogP contribution in [0, 0.1) is 0 Å². The Morgan fingerprint density at radius 3 is 2.61 bits per heavy atom. The van der Waals surface area contributed by atoms with Crippen molar-refractivity contribution >= 4 is 51.0 Å². The minimum absolute atomic E-state index is 0.188. The highest BCUT2D eigenvalue weighted by Gasteiger charge is 2.22. The van der Waals surface area contributed by atoms with Crippen molar-refractivity contribution in [3.63, 3.8) is 0 Å². The van der Waals surface area contributed by atoms with Gasteiger partial charge in [0.2, 0.25) is 0 Å². The zero-order valence-corrected chi connectivity index (χ0v) is 20.2. The Bertz CT molecular complexity index is 1220. The topological polar surface area (TPSA) is 100 Å². The molecule has 0 saturated heterocycles. The van der Waals surface area contributed by atoms with Crippen LogP contribution >= 0.6 is 27.5 Å². The Morgan fingerprint density at radius 2 is 1.91 bits per heavy atom. The van der Waals surface area contributed by atoms with Gasteiger partial charge in [0.1, 0.15) is 11.7 Å². The van der Waals surface area contributed by atoms with E-state index in [2.05, 4.69) is 42.0 Å². The van der Waals surface area contributed by atoms with Crippen molar-refractivity contribution in [2.45, 2.75) is 6.42 Å². The number of carbonyl (C=O) groups is 2. The molecule has 8 nitrogen and oxygen atoms in total. The Morgan fingerprint density at radius 1 is 1.15 bits per heavy atom. The minimum atomic E-state index is -0.390. The van der Waals surface area contributed by atoms with E-state index >= 15 is 0 Å². The number of anilines is 1. The van der Waals surface area contributed by atoms with Gasteiger partial charge in [0.15, 0.2) is 5.69 Å². The highest BCUT2D eigenvalue weighted by Crippen LogP contribution is 2.27. The van der Waals surface area contributed by atoms with Gasteiger partial charge in [-0.1, -0.05) is 48.0 Å². The van der Waals surface area contributed by atoms with E-state index in [4.69, 9.17) is 11.6 Å². The Balaban J connectivity index is 1.36. The number of aliphatic imine (C=N–C) groups is 1. The number of halogens is 2. The quantitative estimate of drug-likeness (QED) is 0.437. The molecule has 4 rings (SSSR count). The lowest BCUT2D eigenvalue weighted by Gasteiger charge is -2.07. The van der Waals surface area contributed by atoms with Gasteiger partial charge in [0.25, 0.3) is 11.8 Å². The molecule has 2 heterocycles. The summed E-state index contributed by atoms with van der Waals surface area (Å²) in [6, 6.07) is 14.9. The maximum absolute atomic E-state index is 12.7.